The summed E-state index contributed by atoms with van der Waals surface area (Å²) < 4.78 is 7.85. The molecule has 134 valence electrons. The molecule has 0 saturated heterocycles. The van der Waals surface area contributed by atoms with Gasteiger partial charge in [-0.15, -0.1) is 0 Å². The summed E-state index contributed by atoms with van der Waals surface area (Å²) in [5.74, 6) is 0.190. The number of carbonyl (C=O) groups excluding carboxylic acids is 1. The van der Waals surface area contributed by atoms with Crippen LogP contribution in [0.25, 0.3) is 0 Å². The number of pyridine rings is 1. The molecule has 0 bridgehead atoms. The van der Waals surface area contributed by atoms with Crippen LogP contribution in [0.1, 0.15) is 25.1 Å². The van der Waals surface area contributed by atoms with Gasteiger partial charge in [0.25, 0.3) is 0 Å². The summed E-state index contributed by atoms with van der Waals surface area (Å²) in [5, 5.41) is 7.35. The highest BCUT2D eigenvalue weighted by molar-refractivity contribution is 5.74. The number of fused-ring (bicyclic) bond motifs is 1. The van der Waals surface area contributed by atoms with Crippen molar-refractivity contribution in [2.75, 3.05) is 13.2 Å². The van der Waals surface area contributed by atoms with Gasteiger partial charge in [0.05, 0.1) is 25.5 Å². The zero-order valence-corrected chi connectivity index (χ0v) is 14.8. The minimum Gasteiger partial charge on any atom is -0.376 e. The summed E-state index contributed by atoms with van der Waals surface area (Å²) >= 11 is 0. The molecule has 2 aromatic heterocycles. The van der Waals surface area contributed by atoms with Gasteiger partial charge in [-0.05, 0) is 31.5 Å². The molecule has 7 nitrogen and oxygen atoms in total. The maximum Gasteiger partial charge on any atom is 0.317 e. The van der Waals surface area contributed by atoms with Gasteiger partial charge in [0.15, 0.2) is 0 Å². The zero-order chi connectivity index (χ0) is 17.6. The van der Waals surface area contributed by atoms with Gasteiger partial charge in [-0.3, -0.25) is 9.67 Å². The quantitative estimate of drug-likeness (QED) is 0.902. The second-order valence-electron chi connectivity index (χ2n) is 6.73. The Hall–Kier alpha value is -2.41. The monoisotopic (exact) mass is 343 g/mol. The number of carbonyl (C=O) groups is 1. The fraction of sp³-hybridized carbons (Fsp3) is 0.500. The number of hydrogen-bond donors (Lipinski definition) is 1. The maximum atomic E-state index is 12.5. The predicted molar refractivity (Wildman–Crippen MR) is 93.7 cm³/mol. The van der Waals surface area contributed by atoms with Gasteiger partial charge in [0, 0.05) is 43.6 Å². The van der Waals surface area contributed by atoms with Crippen molar-refractivity contribution >= 4 is 6.03 Å². The van der Waals surface area contributed by atoms with E-state index >= 15 is 0 Å². The van der Waals surface area contributed by atoms with Gasteiger partial charge in [0.2, 0.25) is 0 Å². The van der Waals surface area contributed by atoms with Crippen LogP contribution in [-0.4, -0.2) is 44.9 Å². The molecule has 0 radical (unpaired) electrons. The normalized spacial score (nSPS) is 17.2. The summed E-state index contributed by atoms with van der Waals surface area (Å²) in [6.07, 6.45) is 5.34. The van der Waals surface area contributed by atoms with Crippen molar-refractivity contribution in [2.24, 2.45) is 5.92 Å². The number of nitrogens with zero attached hydrogens (tertiary/aromatic N) is 4. The van der Waals surface area contributed by atoms with Crippen molar-refractivity contribution in [3.63, 3.8) is 0 Å². The van der Waals surface area contributed by atoms with Gasteiger partial charge < -0.3 is 15.0 Å². The van der Waals surface area contributed by atoms with Crippen molar-refractivity contribution in [1.29, 1.82) is 0 Å². The molecule has 0 saturated carbocycles. The molecule has 0 fully saturated rings. The van der Waals surface area contributed by atoms with Crippen LogP contribution >= 0.6 is 0 Å². The van der Waals surface area contributed by atoms with Gasteiger partial charge >= 0.3 is 6.03 Å². The Morgan fingerprint density at radius 2 is 2.24 bits per heavy atom. The SMILES string of the molecule is CC(C)NC(=O)N1Cc2ccnn2CC(COCc2cccnc2)C1. The number of aromatic nitrogens is 3. The third-order valence-electron chi connectivity index (χ3n) is 4.11. The van der Waals surface area contributed by atoms with Gasteiger partial charge in [-0.1, -0.05) is 6.07 Å². The molecular formula is C18H25N5O2. The Bertz CT molecular complexity index is 686. The van der Waals surface area contributed by atoms with Crippen molar-refractivity contribution in [1.82, 2.24) is 25.0 Å². The lowest BCUT2D eigenvalue weighted by Crippen LogP contribution is -2.44. The van der Waals surface area contributed by atoms with Crippen LogP contribution in [0.4, 0.5) is 4.79 Å². The second-order valence-corrected chi connectivity index (χ2v) is 6.73. The van der Waals surface area contributed by atoms with Crippen molar-refractivity contribution in [3.05, 3.63) is 48.0 Å². The molecule has 0 spiro atoms. The molecule has 7 heteroatoms. The number of hydrogen-bond acceptors (Lipinski definition) is 4. The molecule has 25 heavy (non-hydrogen) atoms. The summed E-state index contributed by atoms with van der Waals surface area (Å²) in [4.78, 5) is 18.4. The van der Waals surface area contributed by atoms with Crippen LogP contribution < -0.4 is 5.32 Å². The predicted octanol–water partition coefficient (Wildman–Crippen LogP) is 2.04. The molecular weight excluding hydrogens is 318 g/mol. The van der Waals surface area contributed by atoms with Crippen LogP contribution in [0.3, 0.4) is 0 Å². The molecule has 1 atom stereocenters. The zero-order valence-electron chi connectivity index (χ0n) is 14.8. The number of rotatable bonds is 5. The van der Waals surface area contributed by atoms with Crippen molar-refractivity contribution in [2.45, 2.75) is 39.6 Å². The van der Waals surface area contributed by atoms with Gasteiger partial charge in [-0.2, -0.15) is 5.10 Å². The van der Waals surface area contributed by atoms with E-state index in [9.17, 15) is 4.79 Å². The summed E-state index contributed by atoms with van der Waals surface area (Å²) in [6.45, 7) is 6.99. The fourth-order valence-corrected chi connectivity index (χ4v) is 2.96. The fourth-order valence-electron chi connectivity index (χ4n) is 2.96. The molecule has 1 N–H and O–H groups in total. The third kappa shape index (κ3) is 4.79. The number of nitrogens with one attached hydrogen (secondary N) is 1. The Kier molecular flexibility index (Phi) is 5.65. The second kappa shape index (κ2) is 8.11. The summed E-state index contributed by atoms with van der Waals surface area (Å²) in [6, 6.07) is 5.93. The van der Waals surface area contributed by atoms with E-state index in [0.717, 1.165) is 17.8 Å². The summed E-state index contributed by atoms with van der Waals surface area (Å²) in [5.41, 5.74) is 2.10. The van der Waals surface area contributed by atoms with E-state index in [1.807, 2.05) is 41.6 Å². The molecule has 0 aromatic carbocycles. The smallest absolute Gasteiger partial charge is 0.317 e. The van der Waals surface area contributed by atoms with Crippen molar-refractivity contribution in [3.8, 4) is 0 Å². The number of amides is 2. The van der Waals surface area contributed by atoms with E-state index in [0.29, 0.717) is 26.3 Å². The van der Waals surface area contributed by atoms with Gasteiger partial charge in [0.1, 0.15) is 0 Å². The molecule has 3 heterocycles. The molecule has 1 aliphatic rings. The summed E-state index contributed by atoms with van der Waals surface area (Å²) in [7, 11) is 0. The first-order valence-corrected chi connectivity index (χ1v) is 8.64. The van der Waals surface area contributed by atoms with Crippen LogP contribution in [-0.2, 0) is 24.4 Å². The highest BCUT2D eigenvalue weighted by Gasteiger charge is 2.26. The third-order valence-corrected chi connectivity index (χ3v) is 4.11. The Labute approximate surface area is 148 Å². The average molecular weight is 343 g/mol. The number of urea groups is 1. The highest BCUT2D eigenvalue weighted by atomic mass is 16.5. The highest BCUT2D eigenvalue weighted by Crippen LogP contribution is 2.17. The van der Waals surface area contributed by atoms with Gasteiger partial charge in [-0.25, -0.2) is 4.79 Å². The Balaban J connectivity index is 1.63. The Morgan fingerprint density at radius 1 is 1.36 bits per heavy atom. The molecule has 0 aliphatic carbocycles. The molecule has 2 aromatic rings. The van der Waals surface area contributed by atoms with E-state index in [1.165, 1.54) is 0 Å². The van der Waals surface area contributed by atoms with Crippen LogP contribution in [0.5, 0.6) is 0 Å². The largest absolute Gasteiger partial charge is 0.376 e. The number of ether oxygens (including phenoxy) is 1. The topological polar surface area (TPSA) is 72.3 Å². The van der Waals surface area contributed by atoms with E-state index < -0.39 is 0 Å². The van der Waals surface area contributed by atoms with Crippen LogP contribution in [0.2, 0.25) is 0 Å². The minimum atomic E-state index is -0.0399. The minimum absolute atomic E-state index is 0.0399. The standard InChI is InChI=1S/C18H25N5O2/c1-14(2)21-18(24)22-9-16(10-23-17(11-22)5-7-20-23)13-25-12-15-4-3-6-19-8-15/h3-8,14,16H,9-13H2,1-2H3,(H,21,24). The van der Waals surface area contributed by atoms with E-state index in [1.54, 1.807) is 18.6 Å². The lowest BCUT2D eigenvalue weighted by atomic mass is 10.1. The lowest BCUT2D eigenvalue weighted by molar-refractivity contribution is 0.0706. The first-order valence-electron chi connectivity index (χ1n) is 8.64. The van der Waals surface area contributed by atoms with E-state index in [-0.39, 0.29) is 18.0 Å². The van der Waals surface area contributed by atoms with Crippen LogP contribution in [0, 0.1) is 5.92 Å². The molecule has 1 unspecified atom stereocenters. The molecule has 1 aliphatic heterocycles. The lowest BCUT2D eigenvalue weighted by Gasteiger charge is -2.25. The van der Waals surface area contributed by atoms with Crippen LogP contribution in [0.15, 0.2) is 36.8 Å². The average Bonchev–Trinajstić information content (AvgIpc) is 2.93. The van der Waals surface area contributed by atoms with E-state index in [4.69, 9.17) is 4.74 Å². The van der Waals surface area contributed by atoms with E-state index in [2.05, 4.69) is 15.4 Å². The maximum absolute atomic E-state index is 12.5. The molecule has 2 amide bonds. The first-order chi connectivity index (χ1) is 12.1. The molecule has 3 rings (SSSR count). The van der Waals surface area contributed by atoms with Crippen molar-refractivity contribution < 1.29 is 9.53 Å². The Morgan fingerprint density at radius 3 is 3.00 bits per heavy atom. The first kappa shape index (κ1) is 17.4.